The summed E-state index contributed by atoms with van der Waals surface area (Å²) < 4.78 is 46.2. The number of unbranched alkanes of at least 4 members (excludes halogenated alkanes) is 4. The second-order valence-electron chi connectivity index (χ2n) is 42.8. The van der Waals surface area contributed by atoms with Gasteiger partial charge >= 0.3 is 47.8 Å². The van der Waals surface area contributed by atoms with Gasteiger partial charge in [-0.3, -0.25) is 38.4 Å². The van der Waals surface area contributed by atoms with Crippen LogP contribution in [0.25, 0.3) is 0 Å². The zero-order valence-corrected chi connectivity index (χ0v) is 86.6. The molecule has 0 heterocycles. The molecular weight excluding hydrogens is 1710 g/mol. The highest BCUT2D eigenvalue weighted by Crippen LogP contribution is 2.43. The molecule has 0 amide bonds. The lowest BCUT2D eigenvalue weighted by Crippen LogP contribution is -2.44. The van der Waals surface area contributed by atoms with Crippen LogP contribution in [0, 0.1) is 5.41 Å². The van der Waals surface area contributed by atoms with Crippen molar-refractivity contribution in [1.82, 2.24) is 0 Å². The number of hydrogen-bond acceptors (Lipinski definition) is 24. The van der Waals surface area contributed by atoms with E-state index in [1.54, 1.807) is 0 Å². The third-order valence-corrected chi connectivity index (χ3v) is 26.8. The number of rotatable bonds is 56. The van der Waals surface area contributed by atoms with Crippen LogP contribution in [-0.4, -0.2) is 167 Å². The SMILES string of the molecule is CC(C)(C)c1cc(CCCOC(=O)CCCCSCCC(=O)OCC(COC(=O)CCSCCCCC(=O)OCCCc2cc(C(C)(C)C)cc(C(C)(C)C)c2O)(COC(=O)CCSCCCCC(=O)OCCCc2cc(C(C)(C)C)cc(C(C)(C)C)c2O)COC(=O)CCSCCCCC(=O)OCCCc2cc(C(C)(C)C)cc(C(C)(C)C)c2O)c(O)c(C(C)(C)C)c1. The minimum Gasteiger partial charge on any atom is -0.507 e. The van der Waals surface area contributed by atoms with Crippen LogP contribution in [0.5, 0.6) is 23.0 Å². The van der Waals surface area contributed by atoms with Crippen molar-refractivity contribution >= 4 is 94.8 Å². The maximum absolute atomic E-state index is 13.7. The monoisotopic (exact) mass is 1870 g/mol. The lowest BCUT2D eigenvalue weighted by molar-refractivity contribution is -0.170. The maximum Gasteiger partial charge on any atom is 0.306 e. The van der Waals surface area contributed by atoms with Gasteiger partial charge in [-0.2, -0.15) is 47.0 Å². The van der Waals surface area contributed by atoms with Gasteiger partial charge in [-0.25, -0.2) is 0 Å². The first kappa shape index (κ1) is 115. The first-order valence-electron chi connectivity index (χ1n) is 47.1. The summed E-state index contributed by atoms with van der Waals surface area (Å²) in [5.74, 6) is 1.79. The molecule has 0 saturated carbocycles. The van der Waals surface area contributed by atoms with Crippen molar-refractivity contribution in [2.24, 2.45) is 5.41 Å². The zero-order valence-electron chi connectivity index (χ0n) is 83.4. The lowest BCUT2D eigenvalue weighted by atomic mass is 9.78. The zero-order chi connectivity index (χ0) is 96.8. The van der Waals surface area contributed by atoms with E-state index in [1.807, 2.05) is 0 Å². The second kappa shape index (κ2) is 54.6. The summed E-state index contributed by atoms with van der Waals surface area (Å²) in [7, 11) is 0. The predicted molar refractivity (Wildman–Crippen MR) is 529 cm³/mol. The Hall–Kier alpha value is -6.76. The summed E-state index contributed by atoms with van der Waals surface area (Å²) in [6, 6.07) is 16.6. The van der Waals surface area contributed by atoms with Crippen LogP contribution in [0.2, 0.25) is 0 Å². The fourth-order valence-corrected chi connectivity index (χ4v) is 17.7. The number of hydrogen-bond donors (Lipinski definition) is 4. The number of esters is 8. The third-order valence-electron chi connectivity index (χ3n) is 22.5. The first-order chi connectivity index (χ1) is 60.0. The number of phenols is 4. The van der Waals surface area contributed by atoms with E-state index < -0.39 is 55.7 Å². The molecule has 0 aliphatic carbocycles. The van der Waals surface area contributed by atoms with Crippen LogP contribution in [0.1, 0.15) is 361 Å². The fourth-order valence-electron chi connectivity index (χ4n) is 14.0. The number of benzene rings is 4. The quantitative estimate of drug-likeness (QED) is 0.0181. The average molecular weight is 1870 g/mol. The van der Waals surface area contributed by atoms with E-state index in [9.17, 15) is 58.8 Å². The predicted octanol–water partition coefficient (Wildman–Crippen LogP) is 23.2. The number of thioether (sulfide) groups is 4. The summed E-state index contributed by atoms with van der Waals surface area (Å²) in [5.41, 5.74) is 8.45. The Balaban J connectivity index is 1.38. The maximum atomic E-state index is 13.7. The van der Waals surface area contributed by atoms with Gasteiger partial charge in [-0.05, 0) is 236 Å². The standard InChI is InChI=1S/C105H164O20S4/c1-97(2,3)77-61-73(93(114)81(65-77)101(13,14)15)37-33-49-118-85(106)41-25-29-53-126-57-45-89(110)122-69-105(70-123-90(111)46-58-127-54-30-26-42-86(107)119-50-34-38-74-62-78(98(4,5)6)66-82(94(74)115)102(16,17)18,71-124-91(112)47-59-128-55-31-27-43-87(108)120-51-35-39-75-63-79(99(7,8)9)67-83(95(75)116)103(19,20)21)72-125-92(113)48-60-129-56-32-28-44-88(109)121-52-36-40-76-64-80(100(10,11)12)68-84(96(76)117)104(22,23)24/h61-68,114-117H,25-60,69-72H2,1-24H3. The van der Waals surface area contributed by atoms with Crippen molar-refractivity contribution in [2.45, 2.75) is 364 Å². The Morgan fingerprint density at radius 1 is 0.225 bits per heavy atom. The normalized spacial score (nSPS) is 12.5. The van der Waals surface area contributed by atoms with Crippen molar-refractivity contribution in [3.8, 4) is 23.0 Å². The molecule has 0 aromatic heterocycles. The Morgan fingerprint density at radius 3 is 0.574 bits per heavy atom. The topological polar surface area (TPSA) is 291 Å². The number of aromatic hydroxyl groups is 4. The molecule has 728 valence electrons. The highest BCUT2D eigenvalue weighted by Gasteiger charge is 2.39. The average Bonchev–Trinajstić information content (AvgIpc) is 0.796. The molecule has 0 atom stereocenters. The highest BCUT2D eigenvalue weighted by molar-refractivity contribution is 7.99. The second-order valence-corrected chi connectivity index (χ2v) is 47.7. The molecule has 20 nitrogen and oxygen atoms in total. The number of ether oxygens (including phenoxy) is 8. The van der Waals surface area contributed by atoms with Crippen LogP contribution in [0.3, 0.4) is 0 Å². The van der Waals surface area contributed by atoms with E-state index in [0.29, 0.717) is 149 Å². The minimum absolute atomic E-state index is 0.00260. The molecule has 4 aromatic rings. The van der Waals surface area contributed by atoms with Crippen molar-refractivity contribution in [1.29, 1.82) is 0 Å². The van der Waals surface area contributed by atoms with Crippen molar-refractivity contribution in [3.05, 3.63) is 115 Å². The molecule has 0 bridgehead atoms. The Morgan fingerprint density at radius 2 is 0.403 bits per heavy atom. The van der Waals surface area contributed by atoms with E-state index in [1.165, 1.54) is 47.0 Å². The summed E-state index contributed by atoms with van der Waals surface area (Å²) in [4.78, 5) is 106. The van der Waals surface area contributed by atoms with Crippen molar-refractivity contribution in [2.75, 3.05) is 98.9 Å². The number of aryl methyl sites for hydroxylation is 4. The van der Waals surface area contributed by atoms with Crippen LogP contribution in [-0.2, 0) is 145 Å². The molecule has 0 saturated heterocycles. The molecule has 4 aromatic carbocycles. The van der Waals surface area contributed by atoms with Gasteiger partial charge in [0.05, 0.1) is 52.1 Å². The van der Waals surface area contributed by atoms with Crippen LogP contribution in [0.4, 0.5) is 0 Å². The van der Waals surface area contributed by atoms with Gasteiger partial charge in [0.15, 0.2) is 0 Å². The van der Waals surface area contributed by atoms with E-state index in [4.69, 9.17) is 37.9 Å². The Bertz CT molecular complexity index is 3650. The largest absolute Gasteiger partial charge is 0.507 e. The van der Waals surface area contributed by atoms with Crippen LogP contribution < -0.4 is 0 Å². The van der Waals surface area contributed by atoms with Gasteiger partial charge < -0.3 is 58.3 Å². The summed E-state index contributed by atoms with van der Waals surface area (Å²) in [5, 5.41) is 45.0. The highest BCUT2D eigenvalue weighted by atomic mass is 32.2. The minimum atomic E-state index is -1.53. The molecule has 0 aliphatic rings. The van der Waals surface area contributed by atoms with E-state index >= 15 is 0 Å². The van der Waals surface area contributed by atoms with E-state index in [0.717, 1.165) is 66.8 Å². The molecule has 0 radical (unpaired) electrons. The van der Waals surface area contributed by atoms with Gasteiger partial charge in [0, 0.05) is 48.7 Å². The van der Waals surface area contributed by atoms with E-state index in [2.05, 4.69) is 215 Å². The van der Waals surface area contributed by atoms with Gasteiger partial charge in [-0.15, -0.1) is 0 Å². The molecule has 4 rings (SSSR count). The first-order valence-corrected chi connectivity index (χ1v) is 51.7. The van der Waals surface area contributed by atoms with Gasteiger partial charge in [0.25, 0.3) is 0 Å². The Kier molecular flexibility index (Phi) is 48.5. The molecule has 0 fully saturated rings. The van der Waals surface area contributed by atoms with Gasteiger partial charge in [0.2, 0.25) is 0 Å². The molecule has 0 spiro atoms. The molecular formula is C105H164O20S4. The molecule has 129 heavy (non-hydrogen) atoms. The summed E-state index contributed by atoms with van der Waals surface area (Å²) in [6.45, 7) is 49.9. The smallest absolute Gasteiger partial charge is 0.306 e. The summed E-state index contributed by atoms with van der Waals surface area (Å²) in [6.07, 6.45) is 10.5. The van der Waals surface area contributed by atoms with E-state index in [-0.39, 0.29) is 168 Å². The Labute approximate surface area is 792 Å². The van der Waals surface area contributed by atoms with Crippen molar-refractivity contribution in [3.63, 3.8) is 0 Å². The van der Waals surface area contributed by atoms with Crippen LogP contribution in [0.15, 0.2) is 48.5 Å². The van der Waals surface area contributed by atoms with Gasteiger partial charge in [0.1, 0.15) is 54.8 Å². The van der Waals surface area contributed by atoms with Crippen LogP contribution >= 0.6 is 47.0 Å². The molecule has 0 unspecified atom stereocenters. The summed E-state index contributed by atoms with van der Waals surface area (Å²) >= 11 is 6.08. The third kappa shape index (κ3) is 44.3. The molecule has 24 heteroatoms. The van der Waals surface area contributed by atoms with Gasteiger partial charge in [-0.1, -0.05) is 215 Å². The molecule has 0 aliphatic heterocycles. The number of carbonyl (C=O) groups excluding carboxylic acids is 8. The molecule has 4 N–H and O–H groups in total. The number of carbonyl (C=O) groups is 8. The number of phenolic OH excluding ortho intramolecular Hbond substituents is 4. The van der Waals surface area contributed by atoms with Crippen molar-refractivity contribution < 1.29 is 96.7 Å². The lowest BCUT2D eigenvalue weighted by Gasteiger charge is -2.31. The fraction of sp³-hybridized carbons (Fsp3) is 0.695.